The summed E-state index contributed by atoms with van der Waals surface area (Å²) in [5, 5.41) is 36.1. The van der Waals surface area contributed by atoms with Crippen LogP contribution in [0.5, 0.6) is 0 Å². The molecule has 12 heteroatoms. The minimum atomic E-state index is -1.68. The van der Waals surface area contributed by atoms with Gasteiger partial charge in [-0.25, -0.2) is 9.59 Å². The first kappa shape index (κ1) is 38.4. The van der Waals surface area contributed by atoms with Gasteiger partial charge in [-0.2, -0.15) is 10.5 Å². The van der Waals surface area contributed by atoms with Crippen LogP contribution in [-0.4, -0.2) is 48.7 Å². The Morgan fingerprint density at radius 2 is 1.15 bits per heavy atom. The zero-order valence-corrected chi connectivity index (χ0v) is 23.6. The van der Waals surface area contributed by atoms with E-state index in [0.29, 0.717) is 24.9 Å². The monoisotopic (exact) mass is 570 g/mol. The summed E-state index contributed by atoms with van der Waals surface area (Å²) in [5.74, 6) is -4.28. The van der Waals surface area contributed by atoms with Gasteiger partial charge < -0.3 is 40.7 Å². The van der Waals surface area contributed by atoms with Gasteiger partial charge in [0.2, 0.25) is 0 Å². The summed E-state index contributed by atoms with van der Waals surface area (Å²) < 4.78 is 9.66. The van der Waals surface area contributed by atoms with Crippen molar-refractivity contribution >= 4 is 23.9 Å². The number of rotatable bonds is 10. The molecule has 0 saturated heterocycles. The van der Waals surface area contributed by atoms with Crippen LogP contribution >= 0.6 is 0 Å². The number of nitrogens with zero attached hydrogens (tertiary/aromatic N) is 2. The lowest BCUT2D eigenvalue weighted by molar-refractivity contribution is -0.419. The number of carbonyl (C=O) groups excluding carboxylic acids is 4. The number of ether oxygens (including phenoxy) is 2. The highest BCUT2D eigenvalue weighted by Gasteiger charge is 2.19. The number of carboxylic acids is 2. The Morgan fingerprint density at radius 3 is 1.44 bits per heavy atom. The maximum absolute atomic E-state index is 11.8. The molecule has 0 unspecified atom stereocenters. The van der Waals surface area contributed by atoms with Crippen molar-refractivity contribution in [3.05, 3.63) is 71.8 Å². The number of carbonyl (C=O) groups is 4. The third kappa shape index (κ3) is 21.8. The smallest absolute Gasteiger partial charge is 0.338 e. The Labute approximate surface area is 240 Å². The normalized spacial score (nSPS) is 11.3. The molecule has 0 aliphatic heterocycles. The number of carboxylic acid groups (broad SMARTS) is 2. The lowest BCUT2D eigenvalue weighted by Crippen LogP contribution is -2.60. The highest BCUT2D eigenvalue weighted by molar-refractivity contribution is 5.91. The van der Waals surface area contributed by atoms with Crippen LogP contribution in [0.4, 0.5) is 0 Å². The van der Waals surface area contributed by atoms with E-state index in [1.54, 1.807) is 36.4 Å². The van der Waals surface area contributed by atoms with Gasteiger partial charge in [0, 0.05) is 5.97 Å². The molecule has 0 aliphatic carbocycles. The van der Waals surface area contributed by atoms with Crippen molar-refractivity contribution in [2.45, 2.75) is 64.6 Å². The van der Waals surface area contributed by atoms with E-state index in [0.717, 1.165) is 19.8 Å². The van der Waals surface area contributed by atoms with Crippen LogP contribution in [0, 0.1) is 22.7 Å². The minimum Gasteiger partial charge on any atom is -0.550 e. The summed E-state index contributed by atoms with van der Waals surface area (Å²) in [6, 6.07) is 20.7. The fourth-order valence-corrected chi connectivity index (χ4v) is 2.28. The van der Waals surface area contributed by atoms with Crippen LogP contribution < -0.4 is 21.7 Å². The van der Waals surface area contributed by atoms with Crippen molar-refractivity contribution in [1.29, 1.82) is 10.5 Å². The van der Waals surface area contributed by atoms with Gasteiger partial charge in [0.05, 0.1) is 54.2 Å². The Hall–Kier alpha value is -4.78. The van der Waals surface area contributed by atoms with Crippen LogP contribution in [0.1, 0.15) is 67.2 Å². The van der Waals surface area contributed by atoms with Crippen LogP contribution in [-0.2, 0) is 19.1 Å². The van der Waals surface area contributed by atoms with Gasteiger partial charge in [-0.15, -0.1) is 0 Å². The maximum Gasteiger partial charge on any atom is 0.338 e. The topological polar surface area (TPSA) is 236 Å². The molecule has 222 valence electrons. The quantitative estimate of drug-likeness (QED) is 0.344. The highest BCUT2D eigenvalue weighted by Crippen LogP contribution is 2.06. The van der Waals surface area contributed by atoms with E-state index in [4.69, 9.17) is 29.9 Å². The first-order valence-corrected chi connectivity index (χ1v) is 12.7. The third-order valence-electron chi connectivity index (χ3n) is 4.81. The van der Waals surface area contributed by atoms with Gasteiger partial charge in [0.15, 0.2) is 6.10 Å². The molecular formula is C29H38N4O8. The molecule has 41 heavy (non-hydrogen) atoms. The number of quaternary nitrogens is 2. The summed E-state index contributed by atoms with van der Waals surface area (Å²) in [6.07, 6.45) is 1.52. The van der Waals surface area contributed by atoms with Gasteiger partial charge in [-0.3, -0.25) is 0 Å². The highest BCUT2D eigenvalue weighted by atomic mass is 16.6. The summed E-state index contributed by atoms with van der Waals surface area (Å²) >= 11 is 0. The SMILES string of the molecule is CC(=O)[O-].CC[C@@H]([NH3+])CC#N.CC[C@@H]([NH3+])CC#N.O=C(OC[C@H](OC(=O)c1ccccc1)C(=O)[O-])c1ccccc1. The van der Waals surface area contributed by atoms with Crippen LogP contribution in [0.2, 0.25) is 0 Å². The van der Waals surface area contributed by atoms with Crippen LogP contribution in [0.3, 0.4) is 0 Å². The predicted molar refractivity (Wildman–Crippen MR) is 142 cm³/mol. The largest absolute Gasteiger partial charge is 0.550 e. The lowest BCUT2D eigenvalue weighted by Gasteiger charge is -2.18. The maximum atomic E-state index is 11.8. The van der Waals surface area contributed by atoms with Gasteiger partial charge >= 0.3 is 11.9 Å². The van der Waals surface area contributed by atoms with Crippen molar-refractivity contribution in [1.82, 2.24) is 0 Å². The fraction of sp³-hybridized carbons (Fsp3) is 0.379. The number of hydrogen-bond donors (Lipinski definition) is 2. The Bertz CT molecular complexity index is 1090. The molecule has 3 atom stereocenters. The summed E-state index contributed by atoms with van der Waals surface area (Å²) in [7, 11) is 0. The molecule has 0 amide bonds. The van der Waals surface area contributed by atoms with Gasteiger partial charge in [-0.1, -0.05) is 50.2 Å². The number of aliphatic carboxylic acids is 2. The van der Waals surface area contributed by atoms with Gasteiger partial charge in [0.1, 0.15) is 6.61 Å². The molecule has 6 N–H and O–H groups in total. The van der Waals surface area contributed by atoms with Crippen molar-refractivity contribution in [3.63, 3.8) is 0 Å². The standard InChI is InChI=1S/C17H14O6.2C5H10N2.C2H4O2/c18-15(19)14(23-17(21)13-9-5-2-6-10-13)11-22-16(20)12-7-3-1-4-8-12;2*1-2-5(7)3-4-6;1-2(3)4/h1-10,14H,11H2,(H,18,19);2*5H,2-3,7H2,1H3;1H3,(H,3,4)/t14-;2*5-;/m011./s1. The molecule has 12 nitrogen and oxygen atoms in total. The minimum absolute atomic E-state index is 0.188. The number of esters is 2. The summed E-state index contributed by atoms with van der Waals surface area (Å²) in [6.45, 7) is 4.42. The predicted octanol–water partition coefficient (Wildman–Crippen LogP) is -0.584. The molecule has 0 radical (unpaired) electrons. The molecule has 2 aromatic carbocycles. The Kier molecular flexibility index (Phi) is 22.7. The second kappa shape index (κ2) is 24.3. The third-order valence-corrected chi connectivity index (χ3v) is 4.81. The molecule has 0 spiro atoms. The zero-order valence-electron chi connectivity index (χ0n) is 23.6. The average molecular weight is 571 g/mol. The van der Waals surface area contributed by atoms with Crippen molar-refractivity contribution in [3.8, 4) is 12.1 Å². The van der Waals surface area contributed by atoms with Crippen molar-refractivity contribution in [2.75, 3.05) is 6.61 Å². The van der Waals surface area contributed by atoms with E-state index in [1.165, 1.54) is 24.3 Å². The molecule has 0 fully saturated rings. The van der Waals surface area contributed by atoms with E-state index < -0.39 is 36.6 Å². The number of nitriles is 2. The van der Waals surface area contributed by atoms with Crippen molar-refractivity contribution < 1.29 is 50.3 Å². The van der Waals surface area contributed by atoms with E-state index in [-0.39, 0.29) is 11.1 Å². The first-order valence-electron chi connectivity index (χ1n) is 12.7. The molecule has 0 aliphatic rings. The molecule has 0 bridgehead atoms. The van der Waals surface area contributed by atoms with Gasteiger partial charge in [0.25, 0.3) is 0 Å². The average Bonchev–Trinajstić information content (AvgIpc) is 2.96. The summed E-state index contributed by atoms with van der Waals surface area (Å²) in [5.41, 5.74) is 7.90. The van der Waals surface area contributed by atoms with Crippen LogP contribution in [0.25, 0.3) is 0 Å². The van der Waals surface area contributed by atoms with E-state index in [2.05, 4.69) is 23.6 Å². The molecule has 0 aromatic heterocycles. The lowest BCUT2D eigenvalue weighted by atomic mass is 10.2. The Morgan fingerprint density at radius 1 is 0.780 bits per heavy atom. The van der Waals surface area contributed by atoms with Crippen molar-refractivity contribution in [2.24, 2.45) is 0 Å². The molecule has 0 saturated carbocycles. The second-order valence-electron chi connectivity index (χ2n) is 8.31. The molecular weight excluding hydrogens is 532 g/mol. The molecule has 2 rings (SSSR count). The Balaban J connectivity index is 0. The molecule has 0 heterocycles. The van der Waals surface area contributed by atoms with E-state index in [1.807, 2.05) is 13.8 Å². The number of hydrogen-bond acceptors (Lipinski definition) is 10. The van der Waals surface area contributed by atoms with Gasteiger partial charge in [-0.05, 0) is 44.0 Å². The first-order chi connectivity index (χ1) is 19.4. The van der Waals surface area contributed by atoms with Crippen LogP contribution in [0.15, 0.2) is 60.7 Å². The summed E-state index contributed by atoms with van der Waals surface area (Å²) in [4.78, 5) is 43.5. The second-order valence-corrected chi connectivity index (χ2v) is 8.31. The van der Waals surface area contributed by atoms with E-state index >= 15 is 0 Å². The number of benzene rings is 2. The zero-order chi connectivity index (χ0) is 31.6. The van der Waals surface area contributed by atoms with E-state index in [9.17, 15) is 19.5 Å². The fourth-order valence-electron chi connectivity index (χ4n) is 2.28. The molecule has 2 aromatic rings.